The van der Waals surface area contributed by atoms with Gasteiger partial charge in [0, 0.05) is 44.0 Å². The maximum Gasteiger partial charge on any atom is 0.151 e. The van der Waals surface area contributed by atoms with Gasteiger partial charge in [-0.05, 0) is 45.1 Å². The molecule has 0 aromatic heterocycles. The normalized spacial score (nSPS) is 31.4. The molecule has 4 heteroatoms. The summed E-state index contributed by atoms with van der Waals surface area (Å²) in [5.41, 5.74) is 1.39. The predicted molar refractivity (Wildman–Crippen MR) is 98.2 cm³/mol. The van der Waals surface area contributed by atoms with Gasteiger partial charge in [0.1, 0.15) is 0 Å². The molecule has 0 spiro atoms. The Labute approximate surface area is 141 Å². The Morgan fingerprint density at radius 1 is 1.04 bits per heavy atom. The van der Waals surface area contributed by atoms with Crippen LogP contribution in [0.3, 0.4) is 0 Å². The van der Waals surface area contributed by atoms with Crippen molar-refractivity contribution in [2.75, 3.05) is 25.4 Å². The van der Waals surface area contributed by atoms with Gasteiger partial charge in [-0.2, -0.15) is 0 Å². The lowest BCUT2D eigenvalue weighted by Gasteiger charge is -2.36. The van der Waals surface area contributed by atoms with Gasteiger partial charge in [-0.3, -0.25) is 4.90 Å². The average Bonchev–Trinajstić information content (AvgIpc) is 2.93. The van der Waals surface area contributed by atoms with E-state index in [2.05, 4.69) is 67.6 Å². The summed E-state index contributed by atoms with van der Waals surface area (Å²) < 4.78 is 15.9. The van der Waals surface area contributed by atoms with E-state index in [0.29, 0.717) is 23.9 Å². The third-order valence-corrected chi connectivity index (χ3v) is 9.26. The molecule has 2 unspecified atom stereocenters. The maximum atomic E-state index is 13.6. The molecule has 0 bridgehead atoms. The molecule has 2 saturated heterocycles. The van der Waals surface area contributed by atoms with E-state index in [1.54, 1.807) is 0 Å². The number of hydrogen-bond donors (Lipinski definition) is 0. The van der Waals surface area contributed by atoms with Crippen LogP contribution in [0.4, 0.5) is 0 Å². The molecule has 2 fully saturated rings. The number of fused-ring (bicyclic) bond motifs is 1. The second-order valence-corrected chi connectivity index (χ2v) is 10.9. The molecule has 2 aliphatic heterocycles. The molecule has 0 radical (unpaired) electrons. The van der Waals surface area contributed by atoms with Gasteiger partial charge in [-0.1, -0.05) is 30.3 Å². The molecule has 0 aliphatic carbocycles. The smallest absolute Gasteiger partial charge is 0.151 e. The highest BCUT2D eigenvalue weighted by molar-refractivity contribution is 7.61. The van der Waals surface area contributed by atoms with Gasteiger partial charge in [0.05, 0.1) is 0 Å². The van der Waals surface area contributed by atoms with E-state index in [4.69, 9.17) is 0 Å². The number of nitrogens with zero attached hydrogens (tertiary/aromatic N) is 2. The molecule has 3 rings (SSSR count). The second kappa shape index (κ2) is 6.70. The molecule has 0 saturated carbocycles. The minimum Gasteiger partial charge on any atom is -0.306 e. The summed E-state index contributed by atoms with van der Waals surface area (Å²) >= 11 is 0. The molecular weight excluding hydrogens is 303 g/mol. The van der Waals surface area contributed by atoms with Crippen LogP contribution in [0.15, 0.2) is 30.3 Å². The fraction of sp³-hybridized carbons (Fsp3) is 0.684. The first-order valence-corrected chi connectivity index (χ1v) is 11.1. The Morgan fingerprint density at radius 2 is 1.57 bits per heavy atom. The number of likely N-dealkylation sites (tertiary alicyclic amines) is 1. The zero-order valence-electron chi connectivity index (χ0n) is 15.0. The van der Waals surface area contributed by atoms with Crippen molar-refractivity contribution in [3.63, 3.8) is 0 Å². The fourth-order valence-corrected chi connectivity index (χ4v) is 9.36. The molecule has 1 aromatic carbocycles. The topological polar surface area (TPSA) is 23.6 Å². The first-order valence-electron chi connectivity index (χ1n) is 9.02. The first-order chi connectivity index (χ1) is 10.9. The molecule has 3 atom stereocenters. The lowest BCUT2D eigenvalue weighted by molar-refractivity contribution is 0.291. The SMILES string of the molecule is CC(C)N(C(C)C)P1(=O)CC2CN(Cc3ccccc3)C[C@@H]2C1. The van der Waals surface area contributed by atoms with Gasteiger partial charge in [0.25, 0.3) is 0 Å². The summed E-state index contributed by atoms with van der Waals surface area (Å²) in [5.74, 6) is 1.26. The number of rotatable bonds is 5. The highest BCUT2D eigenvalue weighted by atomic mass is 31.2. The van der Waals surface area contributed by atoms with E-state index in [-0.39, 0.29) is 0 Å². The molecule has 3 nitrogen and oxygen atoms in total. The third kappa shape index (κ3) is 3.57. The summed E-state index contributed by atoms with van der Waals surface area (Å²) in [5, 5.41) is 0. The van der Waals surface area contributed by atoms with Crippen molar-refractivity contribution < 1.29 is 4.57 Å². The van der Waals surface area contributed by atoms with Crippen LogP contribution in [0.2, 0.25) is 0 Å². The second-order valence-electron chi connectivity index (χ2n) is 7.98. The zero-order valence-corrected chi connectivity index (χ0v) is 15.9. The van der Waals surface area contributed by atoms with Crippen molar-refractivity contribution in [3.05, 3.63) is 35.9 Å². The van der Waals surface area contributed by atoms with Crippen molar-refractivity contribution >= 4 is 7.29 Å². The molecule has 2 aliphatic rings. The summed E-state index contributed by atoms with van der Waals surface area (Å²) in [6, 6.07) is 11.5. The quantitative estimate of drug-likeness (QED) is 0.756. The first kappa shape index (κ1) is 17.2. The van der Waals surface area contributed by atoms with E-state index < -0.39 is 7.29 Å². The van der Waals surface area contributed by atoms with Gasteiger partial charge in [-0.15, -0.1) is 0 Å². The Balaban J connectivity index is 1.64. The van der Waals surface area contributed by atoms with Crippen molar-refractivity contribution in [2.45, 2.75) is 46.3 Å². The van der Waals surface area contributed by atoms with Crippen LogP contribution in [0.25, 0.3) is 0 Å². The Kier molecular flexibility index (Phi) is 5.01. The van der Waals surface area contributed by atoms with Crippen molar-refractivity contribution in [3.8, 4) is 0 Å². The monoisotopic (exact) mass is 334 g/mol. The van der Waals surface area contributed by atoms with Crippen molar-refractivity contribution in [2.24, 2.45) is 11.8 Å². The Morgan fingerprint density at radius 3 is 2.04 bits per heavy atom. The fourth-order valence-electron chi connectivity index (χ4n) is 4.85. The van der Waals surface area contributed by atoms with Crippen LogP contribution in [0.5, 0.6) is 0 Å². The van der Waals surface area contributed by atoms with E-state index in [9.17, 15) is 4.57 Å². The minimum atomic E-state index is -2.17. The molecular formula is C19H31N2OP. The van der Waals surface area contributed by atoms with Crippen LogP contribution in [-0.4, -0.2) is 47.1 Å². The summed E-state index contributed by atoms with van der Waals surface area (Å²) in [6.07, 6.45) is 1.86. The van der Waals surface area contributed by atoms with Gasteiger partial charge in [0.15, 0.2) is 7.29 Å². The zero-order chi connectivity index (χ0) is 16.6. The molecule has 23 heavy (non-hydrogen) atoms. The number of hydrogen-bond acceptors (Lipinski definition) is 2. The van der Waals surface area contributed by atoms with Crippen LogP contribution < -0.4 is 0 Å². The highest BCUT2D eigenvalue weighted by Gasteiger charge is 2.50. The molecule has 1 aromatic rings. The molecule has 0 amide bonds. The Hall–Kier alpha value is -0.630. The summed E-state index contributed by atoms with van der Waals surface area (Å²) in [6.45, 7) is 12.0. The van der Waals surface area contributed by atoms with Crippen LogP contribution >= 0.6 is 7.29 Å². The maximum absolute atomic E-state index is 13.6. The van der Waals surface area contributed by atoms with Gasteiger partial charge in [-0.25, -0.2) is 4.67 Å². The molecule has 2 heterocycles. The van der Waals surface area contributed by atoms with Gasteiger partial charge in [0.2, 0.25) is 0 Å². The average molecular weight is 334 g/mol. The van der Waals surface area contributed by atoms with E-state index >= 15 is 0 Å². The van der Waals surface area contributed by atoms with Crippen LogP contribution in [0.1, 0.15) is 33.3 Å². The summed E-state index contributed by atoms with van der Waals surface area (Å²) in [7, 11) is -2.17. The standard InChI is InChI=1S/C19H31N2OP/c1-15(2)21(16(3)4)23(22)13-18-11-20(12-19(18)14-23)10-17-8-6-5-7-9-17/h5-9,15-16,18-19H,10-14H2,1-4H3/t18-,19?,23?/m1/s1. The van der Waals surface area contributed by atoms with Crippen molar-refractivity contribution in [1.29, 1.82) is 0 Å². The largest absolute Gasteiger partial charge is 0.306 e. The minimum absolute atomic E-state index is 0.375. The predicted octanol–water partition coefficient (Wildman–Crippen LogP) is 4.15. The highest BCUT2D eigenvalue weighted by Crippen LogP contribution is 2.62. The molecule has 0 N–H and O–H groups in total. The molecule has 128 valence electrons. The van der Waals surface area contributed by atoms with E-state index in [1.165, 1.54) is 5.56 Å². The number of benzene rings is 1. The summed E-state index contributed by atoms with van der Waals surface area (Å²) in [4.78, 5) is 2.56. The van der Waals surface area contributed by atoms with E-state index in [1.807, 2.05) is 0 Å². The van der Waals surface area contributed by atoms with E-state index in [0.717, 1.165) is 32.0 Å². The van der Waals surface area contributed by atoms with Crippen molar-refractivity contribution in [1.82, 2.24) is 9.57 Å². The van der Waals surface area contributed by atoms with Crippen LogP contribution in [0, 0.1) is 11.8 Å². The van der Waals surface area contributed by atoms with Crippen LogP contribution in [-0.2, 0) is 11.1 Å². The lowest BCUT2D eigenvalue weighted by Crippen LogP contribution is -2.35. The van der Waals surface area contributed by atoms with Gasteiger partial charge < -0.3 is 4.57 Å². The Bertz CT molecular complexity index is 546. The van der Waals surface area contributed by atoms with Gasteiger partial charge >= 0.3 is 0 Å². The third-order valence-electron chi connectivity index (χ3n) is 5.42. The lowest BCUT2D eigenvalue weighted by atomic mass is 10.0.